The van der Waals surface area contributed by atoms with Crippen LogP contribution in [0.1, 0.15) is 6.92 Å². The van der Waals surface area contributed by atoms with Crippen molar-refractivity contribution in [2.45, 2.75) is 12.1 Å². The van der Waals surface area contributed by atoms with Gasteiger partial charge in [0.2, 0.25) is 0 Å². The fourth-order valence-electron chi connectivity index (χ4n) is 1.27. The van der Waals surface area contributed by atoms with Crippen LogP contribution >= 0.6 is 9.24 Å². The van der Waals surface area contributed by atoms with Gasteiger partial charge in [0.05, 0.1) is 5.57 Å². The van der Waals surface area contributed by atoms with Crippen molar-refractivity contribution in [2.24, 2.45) is 0 Å². The Morgan fingerprint density at radius 2 is 2.12 bits per heavy atom. The molecule has 3 nitrogen and oxygen atoms in total. The van der Waals surface area contributed by atoms with E-state index in [0.717, 1.165) is 0 Å². The van der Waals surface area contributed by atoms with Crippen LogP contribution in [0.15, 0.2) is 48.6 Å². The lowest BCUT2D eigenvalue weighted by atomic mass is 10.0. The van der Waals surface area contributed by atoms with Gasteiger partial charge in [0.1, 0.15) is 0 Å². The van der Waals surface area contributed by atoms with Gasteiger partial charge < -0.3 is 0 Å². The summed E-state index contributed by atoms with van der Waals surface area (Å²) in [6, 6.07) is 0. The van der Waals surface area contributed by atoms with Gasteiger partial charge in [0, 0.05) is 11.2 Å². The molecule has 0 saturated heterocycles. The lowest BCUT2D eigenvalue weighted by molar-refractivity contribution is -0.123. The summed E-state index contributed by atoms with van der Waals surface area (Å²) in [6.07, 6.45) is 6.38. The van der Waals surface area contributed by atoms with Crippen LogP contribution in [0, 0.1) is 0 Å². The fraction of sp³-hybridized carbons (Fsp3) is 0.167. The summed E-state index contributed by atoms with van der Waals surface area (Å²) in [7, 11) is 2.61. The molecule has 1 heterocycles. The average molecular weight is 235 g/mol. The molecule has 2 unspecified atom stereocenters. The Morgan fingerprint density at radius 3 is 2.50 bits per heavy atom. The van der Waals surface area contributed by atoms with Gasteiger partial charge in [-0.05, 0) is 12.5 Å². The molecule has 0 bridgehead atoms. The summed E-state index contributed by atoms with van der Waals surface area (Å²) in [6.45, 7) is 9.25. The number of nitrogens with one attached hydrogen (secondary N) is 1. The van der Waals surface area contributed by atoms with Gasteiger partial charge in [-0.15, -0.1) is 15.8 Å². The Balaban J connectivity index is 3.14. The Labute approximate surface area is 97.2 Å². The van der Waals surface area contributed by atoms with Crippen molar-refractivity contribution in [3.05, 3.63) is 48.6 Å². The van der Waals surface area contributed by atoms with Crippen molar-refractivity contribution in [2.75, 3.05) is 0 Å². The van der Waals surface area contributed by atoms with E-state index in [2.05, 4.69) is 27.7 Å². The highest BCUT2D eigenvalue weighted by Gasteiger charge is 2.23. The Kier molecular flexibility index (Phi) is 3.61. The normalized spacial score (nSPS) is 19.9. The molecule has 0 aromatic carbocycles. The molecule has 0 saturated carbocycles. The molecule has 16 heavy (non-hydrogen) atoms. The molecule has 84 valence electrons. The number of carbonyl (C=O) groups excluding carboxylic acids is 2. The van der Waals surface area contributed by atoms with Crippen LogP contribution in [-0.2, 0) is 9.59 Å². The van der Waals surface area contributed by atoms with Gasteiger partial charge in [-0.25, -0.2) is 0 Å². The first-order chi connectivity index (χ1) is 7.39. The minimum absolute atomic E-state index is 0.337. The van der Waals surface area contributed by atoms with E-state index >= 15 is 0 Å². The summed E-state index contributed by atoms with van der Waals surface area (Å²) in [5, 5.41) is 1.86. The van der Waals surface area contributed by atoms with Gasteiger partial charge in [0.25, 0.3) is 11.8 Å². The predicted molar refractivity (Wildman–Crippen MR) is 67.8 cm³/mol. The second-order valence-electron chi connectivity index (χ2n) is 3.75. The third kappa shape index (κ3) is 2.77. The van der Waals surface area contributed by atoms with E-state index in [1.807, 2.05) is 13.0 Å². The van der Waals surface area contributed by atoms with E-state index < -0.39 is 5.91 Å². The van der Waals surface area contributed by atoms with Gasteiger partial charge in [0.15, 0.2) is 0 Å². The van der Waals surface area contributed by atoms with E-state index in [1.54, 1.807) is 12.2 Å². The molecular weight excluding hydrogens is 221 g/mol. The standard InChI is InChI=1S/C12H14NO2P/c1-4-8(7-12(3,16)5-2)9-6-10(14)13-11(9)15/h4-7H,1-2,16H2,3H3,(H,13,14,15)/b8-7+. The lowest BCUT2D eigenvalue weighted by Gasteiger charge is -2.15. The molecule has 0 aromatic rings. The maximum atomic E-state index is 11.4. The quantitative estimate of drug-likeness (QED) is 0.347. The van der Waals surface area contributed by atoms with Crippen molar-refractivity contribution in [1.82, 2.24) is 5.32 Å². The third-order valence-corrected chi connectivity index (χ3v) is 2.60. The number of imide groups is 1. The van der Waals surface area contributed by atoms with E-state index in [0.29, 0.717) is 11.1 Å². The number of hydrogen-bond donors (Lipinski definition) is 1. The molecule has 1 rings (SSSR count). The topological polar surface area (TPSA) is 46.2 Å². The highest BCUT2D eigenvalue weighted by molar-refractivity contribution is 7.19. The summed E-state index contributed by atoms with van der Waals surface area (Å²) in [5.41, 5.74) is 0.969. The van der Waals surface area contributed by atoms with Crippen molar-refractivity contribution >= 4 is 21.1 Å². The van der Waals surface area contributed by atoms with Crippen LogP contribution in [0.5, 0.6) is 0 Å². The monoisotopic (exact) mass is 235 g/mol. The minimum atomic E-state index is -0.392. The Hall–Kier alpha value is -1.47. The van der Waals surface area contributed by atoms with Gasteiger partial charge >= 0.3 is 0 Å². The van der Waals surface area contributed by atoms with Crippen molar-refractivity contribution in [3.8, 4) is 0 Å². The second kappa shape index (κ2) is 4.58. The van der Waals surface area contributed by atoms with Crippen LogP contribution in [0.25, 0.3) is 0 Å². The van der Waals surface area contributed by atoms with Crippen LogP contribution in [0.2, 0.25) is 0 Å². The summed E-state index contributed by atoms with van der Waals surface area (Å²) >= 11 is 0. The summed E-state index contributed by atoms with van der Waals surface area (Å²) in [4.78, 5) is 22.5. The number of hydrogen-bond acceptors (Lipinski definition) is 2. The molecule has 1 N–H and O–H groups in total. The number of rotatable bonds is 4. The van der Waals surface area contributed by atoms with Gasteiger partial charge in [-0.2, -0.15) is 0 Å². The molecule has 4 heteroatoms. The zero-order valence-corrected chi connectivity index (χ0v) is 10.3. The molecule has 2 atom stereocenters. The molecule has 1 aliphatic rings. The second-order valence-corrected chi connectivity index (χ2v) is 4.99. The predicted octanol–water partition coefficient (Wildman–Crippen LogP) is 1.50. The van der Waals surface area contributed by atoms with Gasteiger partial charge in [-0.1, -0.05) is 24.8 Å². The highest BCUT2D eigenvalue weighted by atomic mass is 31.0. The van der Waals surface area contributed by atoms with Crippen LogP contribution < -0.4 is 5.32 Å². The summed E-state index contributed by atoms with van der Waals surface area (Å²) < 4.78 is 0. The largest absolute Gasteiger partial charge is 0.289 e. The minimum Gasteiger partial charge on any atom is -0.289 e. The first-order valence-electron chi connectivity index (χ1n) is 4.75. The molecular formula is C12H14NO2P. The van der Waals surface area contributed by atoms with E-state index in [-0.39, 0.29) is 11.1 Å². The zero-order chi connectivity index (χ0) is 12.3. The van der Waals surface area contributed by atoms with Crippen molar-refractivity contribution < 1.29 is 9.59 Å². The molecule has 0 spiro atoms. The molecule has 0 aromatic heterocycles. The number of amides is 2. The SMILES string of the molecule is C=C/C(=C\C(C)(P)C=C)C1=CC(=O)NC1=O. The summed E-state index contributed by atoms with van der Waals surface area (Å²) in [5.74, 6) is -0.780. The van der Waals surface area contributed by atoms with Crippen LogP contribution in [0.4, 0.5) is 0 Å². The highest BCUT2D eigenvalue weighted by Crippen LogP contribution is 2.26. The Morgan fingerprint density at radius 1 is 1.50 bits per heavy atom. The van der Waals surface area contributed by atoms with Crippen molar-refractivity contribution in [3.63, 3.8) is 0 Å². The van der Waals surface area contributed by atoms with E-state index in [1.165, 1.54) is 6.08 Å². The molecule has 2 amide bonds. The first-order valence-corrected chi connectivity index (χ1v) is 5.32. The van der Waals surface area contributed by atoms with E-state index in [4.69, 9.17) is 0 Å². The van der Waals surface area contributed by atoms with Crippen LogP contribution in [-0.4, -0.2) is 17.0 Å². The smallest absolute Gasteiger partial charge is 0.258 e. The van der Waals surface area contributed by atoms with Gasteiger partial charge in [-0.3, -0.25) is 14.9 Å². The lowest BCUT2D eigenvalue weighted by Crippen LogP contribution is -2.22. The molecule has 0 fully saturated rings. The molecule has 1 aliphatic heterocycles. The average Bonchev–Trinajstić information content (AvgIpc) is 2.54. The zero-order valence-electron chi connectivity index (χ0n) is 9.12. The van der Waals surface area contributed by atoms with Crippen LogP contribution in [0.3, 0.4) is 0 Å². The van der Waals surface area contributed by atoms with Crippen molar-refractivity contribution in [1.29, 1.82) is 0 Å². The molecule has 0 aliphatic carbocycles. The maximum absolute atomic E-state index is 11.4. The third-order valence-electron chi connectivity index (χ3n) is 2.19. The Bertz CT molecular complexity index is 430. The van der Waals surface area contributed by atoms with E-state index in [9.17, 15) is 9.59 Å². The first kappa shape index (κ1) is 12.6. The maximum Gasteiger partial charge on any atom is 0.258 e. The number of carbonyl (C=O) groups is 2. The number of allylic oxidation sites excluding steroid dienone is 3. The molecule has 0 radical (unpaired) electrons. The fourth-order valence-corrected chi connectivity index (χ4v) is 1.45.